The number of ether oxygens (including phenoxy) is 1. The smallest absolute Gasteiger partial charge is 0.119 e. The number of benzene rings is 4. The highest BCUT2D eigenvalue weighted by atomic mass is 16.5. The lowest BCUT2D eigenvalue weighted by Gasteiger charge is -2.25. The van der Waals surface area contributed by atoms with Crippen LogP contribution in [0, 0.1) is 20.8 Å². The van der Waals surface area contributed by atoms with Crippen molar-refractivity contribution in [3.05, 3.63) is 119 Å². The molecule has 0 aliphatic carbocycles. The molecule has 2 nitrogen and oxygen atoms in total. The quantitative estimate of drug-likeness (QED) is 0.292. The van der Waals surface area contributed by atoms with Crippen molar-refractivity contribution in [2.24, 2.45) is 0 Å². The first-order chi connectivity index (χ1) is 15.5. The van der Waals surface area contributed by atoms with E-state index in [0.717, 1.165) is 22.8 Å². The summed E-state index contributed by atoms with van der Waals surface area (Å²) in [6.45, 7) is 6.50. The molecule has 0 heterocycles. The van der Waals surface area contributed by atoms with Gasteiger partial charge in [0.25, 0.3) is 0 Å². The fourth-order valence-electron chi connectivity index (χ4n) is 3.84. The van der Waals surface area contributed by atoms with E-state index in [4.69, 9.17) is 4.74 Å². The number of hydrogen-bond donors (Lipinski definition) is 0. The van der Waals surface area contributed by atoms with Gasteiger partial charge >= 0.3 is 0 Å². The van der Waals surface area contributed by atoms with E-state index >= 15 is 0 Å². The van der Waals surface area contributed by atoms with Crippen molar-refractivity contribution < 1.29 is 4.74 Å². The van der Waals surface area contributed by atoms with Crippen molar-refractivity contribution in [2.45, 2.75) is 20.8 Å². The van der Waals surface area contributed by atoms with Crippen LogP contribution in [-0.4, -0.2) is 7.11 Å². The third-order valence-electron chi connectivity index (χ3n) is 5.83. The van der Waals surface area contributed by atoms with Crippen molar-refractivity contribution in [3.63, 3.8) is 0 Å². The van der Waals surface area contributed by atoms with Gasteiger partial charge in [0.2, 0.25) is 0 Å². The van der Waals surface area contributed by atoms with E-state index in [2.05, 4.69) is 111 Å². The molecule has 4 aromatic rings. The van der Waals surface area contributed by atoms with Gasteiger partial charge in [0.15, 0.2) is 0 Å². The molecule has 0 aromatic heterocycles. The van der Waals surface area contributed by atoms with Crippen LogP contribution in [0.1, 0.15) is 27.8 Å². The van der Waals surface area contributed by atoms with Crippen LogP contribution in [0.2, 0.25) is 0 Å². The summed E-state index contributed by atoms with van der Waals surface area (Å²) >= 11 is 0. The Kier molecular flexibility index (Phi) is 6.42. The maximum atomic E-state index is 5.34. The minimum atomic E-state index is 0.851. The van der Waals surface area contributed by atoms with Crippen molar-refractivity contribution >= 4 is 29.2 Å². The molecule has 0 fully saturated rings. The lowest BCUT2D eigenvalue weighted by atomic mass is 10.00. The van der Waals surface area contributed by atoms with E-state index in [9.17, 15) is 0 Å². The van der Waals surface area contributed by atoms with Crippen molar-refractivity contribution in [3.8, 4) is 5.75 Å². The molecule has 0 aliphatic heterocycles. The lowest BCUT2D eigenvalue weighted by molar-refractivity contribution is 0.415. The number of anilines is 3. The number of methoxy groups -OCH3 is 1. The molecule has 0 amide bonds. The van der Waals surface area contributed by atoms with Gasteiger partial charge in [0.1, 0.15) is 5.75 Å². The van der Waals surface area contributed by atoms with Gasteiger partial charge < -0.3 is 9.64 Å². The second-order valence-electron chi connectivity index (χ2n) is 8.09. The molecule has 0 N–H and O–H groups in total. The Morgan fingerprint density at radius 3 is 1.78 bits per heavy atom. The number of rotatable bonds is 6. The first-order valence-corrected chi connectivity index (χ1v) is 10.9. The normalized spacial score (nSPS) is 11.0. The van der Waals surface area contributed by atoms with Gasteiger partial charge in [-0.15, -0.1) is 0 Å². The van der Waals surface area contributed by atoms with Gasteiger partial charge in [0, 0.05) is 17.1 Å². The summed E-state index contributed by atoms with van der Waals surface area (Å²) in [6, 6.07) is 31.8. The van der Waals surface area contributed by atoms with E-state index in [0.29, 0.717) is 0 Å². The van der Waals surface area contributed by atoms with E-state index < -0.39 is 0 Å². The molecule has 0 atom stereocenters. The van der Waals surface area contributed by atoms with Crippen molar-refractivity contribution in [1.82, 2.24) is 0 Å². The number of para-hydroxylation sites is 1. The number of nitrogens with zero attached hydrogens (tertiary/aromatic N) is 1. The SMILES string of the molecule is COc1ccc(N(c2ccccc2)c2ccc(/C=C/c3cc(C)c(C)cc3C)cc2)cc1. The topological polar surface area (TPSA) is 12.5 Å². The van der Waals surface area contributed by atoms with Crippen LogP contribution in [0.4, 0.5) is 17.1 Å². The van der Waals surface area contributed by atoms with Crippen LogP contribution in [-0.2, 0) is 0 Å². The summed E-state index contributed by atoms with van der Waals surface area (Å²) < 4.78 is 5.34. The maximum Gasteiger partial charge on any atom is 0.119 e. The van der Waals surface area contributed by atoms with E-state index in [1.165, 1.54) is 27.8 Å². The molecule has 0 spiro atoms. The van der Waals surface area contributed by atoms with E-state index in [1.54, 1.807) is 7.11 Å². The zero-order valence-electron chi connectivity index (χ0n) is 19.2. The zero-order chi connectivity index (χ0) is 22.5. The molecular weight excluding hydrogens is 390 g/mol. The second-order valence-corrected chi connectivity index (χ2v) is 8.09. The molecule has 0 unspecified atom stereocenters. The van der Waals surface area contributed by atoms with E-state index in [1.807, 2.05) is 18.2 Å². The Labute approximate surface area is 191 Å². The largest absolute Gasteiger partial charge is 0.497 e. The van der Waals surface area contributed by atoms with Gasteiger partial charge in [-0.25, -0.2) is 0 Å². The Balaban J connectivity index is 1.64. The van der Waals surface area contributed by atoms with Crippen LogP contribution in [0.3, 0.4) is 0 Å². The minimum absolute atomic E-state index is 0.851. The summed E-state index contributed by atoms with van der Waals surface area (Å²) in [7, 11) is 1.69. The monoisotopic (exact) mass is 419 g/mol. The van der Waals surface area contributed by atoms with Crippen LogP contribution < -0.4 is 9.64 Å². The predicted octanol–water partition coefficient (Wildman–Crippen LogP) is 8.26. The summed E-state index contributed by atoms with van der Waals surface area (Å²) in [6.07, 6.45) is 4.39. The van der Waals surface area contributed by atoms with Gasteiger partial charge in [-0.05, 0) is 97.1 Å². The molecule has 4 aromatic carbocycles. The maximum absolute atomic E-state index is 5.34. The summed E-state index contributed by atoms with van der Waals surface area (Å²) in [5, 5.41) is 0. The Morgan fingerprint density at radius 1 is 0.594 bits per heavy atom. The number of hydrogen-bond acceptors (Lipinski definition) is 2. The first-order valence-electron chi connectivity index (χ1n) is 10.9. The molecular formula is C30H29NO. The average molecular weight is 420 g/mol. The molecule has 160 valence electrons. The highest BCUT2D eigenvalue weighted by Gasteiger charge is 2.12. The fraction of sp³-hybridized carbons (Fsp3) is 0.133. The highest BCUT2D eigenvalue weighted by molar-refractivity contribution is 5.78. The zero-order valence-corrected chi connectivity index (χ0v) is 19.2. The second kappa shape index (κ2) is 9.57. The lowest BCUT2D eigenvalue weighted by Crippen LogP contribution is -2.09. The fourth-order valence-corrected chi connectivity index (χ4v) is 3.84. The first kappa shape index (κ1) is 21.5. The van der Waals surface area contributed by atoms with Crippen LogP contribution in [0.15, 0.2) is 91.0 Å². The predicted molar refractivity (Wildman–Crippen MR) is 137 cm³/mol. The summed E-state index contributed by atoms with van der Waals surface area (Å²) in [5.41, 5.74) is 9.72. The van der Waals surface area contributed by atoms with Crippen molar-refractivity contribution in [1.29, 1.82) is 0 Å². The van der Waals surface area contributed by atoms with Gasteiger partial charge in [-0.1, -0.05) is 54.6 Å². The van der Waals surface area contributed by atoms with E-state index in [-0.39, 0.29) is 0 Å². The van der Waals surface area contributed by atoms with Crippen LogP contribution in [0.25, 0.3) is 12.2 Å². The Morgan fingerprint density at radius 2 is 1.16 bits per heavy atom. The third kappa shape index (κ3) is 4.76. The summed E-state index contributed by atoms with van der Waals surface area (Å²) in [5.74, 6) is 0.851. The molecule has 4 rings (SSSR count). The summed E-state index contributed by atoms with van der Waals surface area (Å²) in [4.78, 5) is 2.25. The standard InChI is InChI=1S/C30H29NO/c1-22-20-24(3)26(21-23(22)2)13-10-25-11-14-28(15-12-25)31(27-8-6-5-7-9-27)29-16-18-30(32-4)19-17-29/h5-21H,1-4H3/b13-10+. The molecule has 32 heavy (non-hydrogen) atoms. The molecule has 0 aliphatic rings. The molecule has 2 heteroatoms. The molecule has 0 bridgehead atoms. The van der Waals surface area contributed by atoms with Crippen molar-refractivity contribution in [2.75, 3.05) is 12.0 Å². The molecule has 0 radical (unpaired) electrons. The van der Waals surface area contributed by atoms with Gasteiger partial charge in [0.05, 0.1) is 7.11 Å². The van der Waals surface area contributed by atoms with Crippen LogP contribution >= 0.6 is 0 Å². The molecule has 0 saturated carbocycles. The minimum Gasteiger partial charge on any atom is -0.497 e. The highest BCUT2D eigenvalue weighted by Crippen LogP contribution is 2.35. The Hall–Kier alpha value is -3.78. The molecule has 0 saturated heterocycles. The van der Waals surface area contributed by atoms with Gasteiger partial charge in [-0.3, -0.25) is 0 Å². The average Bonchev–Trinajstić information content (AvgIpc) is 2.83. The third-order valence-corrected chi connectivity index (χ3v) is 5.83. The van der Waals surface area contributed by atoms with Gasteiger partial charge in [-0.2, -0.15) is 0 Å². The Bertz CT molecular complexity index is 1210. The van der Waals surface area contributed by atoms with Crippen LogP contribution in [0.5, 0.6) is 5.75 Å². The number of aryl methyl sites for hydroxylation is 3.